The number of nitrogens with zero attached hydrogens (tertiary/aromatic N) is 2. The lowest BCUT2D eigenvalue weighted by Crippen LogP contribution is -2.24. The van der Waals surface area contributed by atoms with Crippen LogP contribution in [0.25, 0.3) is 0 Å². The molecule has 5 N–H and O–H groups in total. The van der Waals surface area contributed by atoms with Crippen LogP contribution in [0.3, 0.4) is 0 Å². The third-order valence-corrected chi connectivity index (χ3v) is 7.70. The smallest absolute Gasteiger partial charge is 0.333 e. The van der Waals surface area contributed by atoms with Crippen molar-refractivity contribution in [3.05, 3.63) is 74.8 Å². The van der Waals surface area contributed by atoms with Crippen molar-refractivity contribution in [2.45, 2.75) is 31.0 Å². The topological polar surface area (TPSA) is 157 Å². The number of rotatable bonds is 10. The summed E-state index contributed by atoms with van der Waals surface area (Å²) in [5.74, 6) is -0.315. The van der Waals surface area contributed by atoms with Gasteiger partial charge >= 0.3 is 10.3 Å². The predicted octanol–water partition coefficient (Wildman–Crippen LogP) is 2.50. The fourth-order valence-electron chi connectivity index (χ4n) is 4.35. The summed E-state index contributed by atoms with van der Waals surface area (Å²) < 4.78 is 26.8. The molecule has 192 valence electrons. The Kier molecular flexibility index (Phi) is 8.35. The van der Waals surface area contributed by atoms with Crippen molar-refractivity contribution in [3.63, 3.8) is 0 Å². The molecule has 0 unspecified atom stereocenters. The fourth-order valence-corrected chi connectivity index (χ4v) is 5.80. The van der Waals surface area contributed by atoms with Gasteiger partial charge in [0.05, 0.1) is 29.2 Å². The SMILES string of the molecule is CN[C@@H](c1cccc(Cl)c1)c1csc(C(=O)c2cncnc2N[C@@H]2C[C@H](COS(N)(=O)=O)[C@@H](O)C2)c1. The molecule has 13 heteroatoms. The molecule has 1 saturated carbocycles. The number of thiophene rings is 1. The Morgan fingerprint density at radius 3 is 2.86 bits per heavy atom. The van der Waals surface area contributed by atoms with Crippen LogP contribution in [0.1, 0.15) is 45.2 Å². The highest BCUT2D eigenvalue weighted by Gasteiger charge is 2.35. The molecule has 1 fully saturated rings. The molecular formula is C23H26ClN5O5S2. The molecule has 0 spiro atoms. The molecule has 0 amide bonds. The molecule has 0 bridgehead atoms. The maximum absolute atomic E-state index is 13.4. The summed E-state index contributed by atoms with van der Waals surface area (Å²) in [6.07, 6.45) is 2.76. The number of aromatic nitrogens is 2. The molecule has 4 atom stereocenters. The molecule has 3 aromatic rings. The van der Waals surface area contributed by atoms with E-state index >= 15 is 0 Å². The zero-order valence-corrected chi connectivity index (χ0v) is 21.7. The van der Waals surface area contributed by atoms with Crippen molar-refractivity contribution in [2.75, 3.05) is 19.0 Å². The molecule has 0 radical (unpaired) electrons. The lowest BCUT2D eigenvalue weighted by atomic mass is 10.0. The van der Waals surface area contributed by atoms with Crippen LogP contribution in [-0.4, -0.2) is 55.1 Å². The van der Waals surface area contributed by atoms with Gasteiger partial charge in [0.25, 0.3) is 0 Å². The number of nitrogens with one attached hydrogen (secondary N) is 2. The summed E-state index contributed by atoms with van der Waals surface area (Å²) in [5, 5.41) is 24.2. The predicted molar refractivity (Wildman–Crippen MR) is 137 cm³/mol. The van der Waals surface area contributed by atoms with Crippen molar-refractivity contribution in [1.29, 1.82) is 0 Å². The quantitative estimate of drug-likeness (QED) is 0.278. The Morgan fingerprint density at radius 2 is 2.14 bits per heavy atom. The average molecular weight is 552 g/mol. The van der Waals surface area contributed by atoms with E-state index in [1.807, 2.05) is 42.8 Å². The van der Waals surface area contributed by atoms with Crippen LogP contribution in [0.15, 0.2) is 48.2 Å². The molecule has 1 aliphatic rings. The Labute approximate surface area is 218 Å². The van der Waals surface area contributed by atoms with Gasteiger partial charge in [-0.2, -0.15) is 8.42 Å². The van der Waals surface area contributed by atoms with E-state index in [1.54, 1.807) is 0 Å². The van der Waals surface area contributed by atoms with Crippen molar-refractivity contribution in [3.8, 4) is 0 Å². The second-order valence-corrected chi connectivity index (χ2v) is 11.1. The van der Waals surface area contributed by atoms with E-state index in [9.17, 15) is 18.3 Å². The molecule has 0 aliphatic heterocycles. The minimum atomic E-state index is -4.09. The Morgan fingerprint density at radius 1 is 1.33 bits per heavy atom. The van der Waals surface area contributed by atoms with E-state index in [2.05, 4.69) is 24.8 Å². The second kappa shape index (κ2) is 11.3. The summed E-state index contributed by atoms with van der Waals surface area (Å²) in [4.78, 5) is 22.2. The van der Waals surface area contributed by atoms with Gasteiger partial charge < -0.3 is 15.7 Å². The van der Waals surface area contributed by atoms with Gasteiger partial charge in [-0.25, -0.2) is 15.1 Å². The summed E-state index contributed by atoms with van der Waals surface area (Å²) >= 11 is 7.48. The third kappa shape index (κ3) is 6.45. The fraction of sp³-hybridized carbons (Fsp3) is 0.348. The number of ketones is 1. The summed E-state index contributed by atoms with van der Waals surface area (Å²) in [6.45, 7) is -0.217. The largest absolute Gasteiger partial charge is 0.393 e. The minimum Gasteiger partial charge on any atom is -0.393 e. The number of aliphatic hydroxyl groups excluding tert-OH is 1. The highest BCUT2D eigenvalue weighted by Crippen LogP contribution is 2.32. The van der Waals surface area contributed by atoms with Gasteiger partial charge in [0, 0.05) is 23.2 Å². The maximum atomic E-state index is 13.4. The zero-order valence-electron chi connectivity index (χ0n) is 19.3. The van der Waals surface area contributed by atoms with E-state index in [4.69, 9.17) is 16.7 Å². The van der Waals surface area contributed by atoms with E-state index in [1.165, 1.54) is 23.9 Å². The first-order chi connectivity index (χ1) is 17.1. The number of anilines is 1. The van der Waals surface area contributed by atoms with Crippen molar-refractivity contribution >= 4 is 44.8 Å². The number of carbonyl (C=O) groups is 1. The third-order valence-electron chi connectivity index (χ3n) is 6.05. The molecular weight excluding hydrogens is 526 g/mol. The standard InChI is InChI=1S/C23H26ClN5O5S2/c1-26-21(13-3-2-4-16(24)5-13)15-7-20(35-11-15)22(31)18-9-27-12-28-23(18)29-17-6-14(19(30)8-17)10-34-36(25,32)33/h2-5,7,9,11-12,14,17,19,21,26,30H,6,8,10H2,1H3,(H2,25,32,33)(H,27,28,29)/t14-,17-,19+,21+/m1/s1. The zero-order chi connectivity index (χ0) is 25.9. The number of nitrogens with two attached hydrogens (primary N) is 1. The molecule has 4 rings (SSSR count). The van der Waals surface area contributed by atoms with Gasteiger partial charge in [-0.05, 0) is 54.6 Å². The number of benzene rings is 1. The van der Waals surface area contributed by atoms with Crippen LogP contribution in [0.2, 0.25) is 5.02 Å². The molecule has 10 nitrogen and oxygen atoms in total. The number of aliphatic hydroxyl groups is 1. The molecule has 0 saturated heterocycles. The van der Waals surface area contributed by atoms with E-state index in [-0.39, 0.29) is 24.5 Å². The monoisotopic (exact) mass is 551 g/mol. The van der Waals surface area contributed by atoms with Crippen LogP contribution in [0, 0.1) is 5.92 Å². The number of halogens is 1. The highest BCUT2D eigenvalue weighted by atomic mass is 35.5. The van der Waals surface area contributed by atoms with Crippen molar-refractivity contribution in [2.24, 2.45) is 11.1 Å². The summed E-state index contributed by atoms with van der Waals surface area (Å²) in [6, 6.07) is 9.00. The number of hydrogen-bond acceptors (Lipinski definition) is 10. The van der Waals surface area contributed by atoms with Gasteiger partial charge in [-0.3, -0.25) is 8.98 Å². The van der Waals surface area contributed by atoms with Crippen molar-refractivity contribution < 1.29 is 22.5 Å². The average Bonchev–Trinajstić information content (AvgIpc) is 3.44. The Balaban J connectivity index is 1.49. The van der Waals surface area contributed by atoms with Crippen LogP contribution < -0.4 is 15.8 Å². The molecule has 2 heterocycles. The van der Waals surface area contributed by atoms with Crippen LogP contribution in [0.5, 0.6) is 0 Å². The summed E-state index contributed by atoms with van der Waals surface area (Å²) in [7, 11) is -2.25. The van der Waals surface area contributed by atoms with E-state index in [0.29, 0.717) is 34.1 Å². The normalized spacial score (nSPS) is 20.8. The molecule has 1 aromatic carbocycles. The Bertz CT molecular complexity index is 1340. The Hall–Kier alpha value is -2.45. The summed E-state index contributed by atoms with van der Waals surface area (Å²) in [5.41, 5.74) is 2.21. The highest BCUT2D eigenvalue weighted by molar-refractivity contribution is 7.84. The van der Waals surface area contributed by atoms with Crippen molar-refractivity contribution in [1.82, 2.24) is 15.3 Å². The first-order valence-corrected chi connectivity index (χ1v) is 13.8. The van der Waals surface area contributed by atoms with Crippen LogP contribution in [-0.2, 0) is 14.5 Å². The van der Waals surface area contributed by atoms with Gasteiger partial charge in [0.15, 0.2) is 0 Å². The molecule has 36 heavy (non-hydrogen) atoms. The first-order valence-electron chi connectivity index (χ1n) is 11.1. The van der Waals surface area contributed by atoms with Crippen LogP contribution in [0.4, 0.5) is 5.82 Å². The first kappa shape index (κ1) is 26.6. The maximum Gasteiger partial charge on any atom is 0.333 e. The lowest BCUT2D eigenvalue weighted by molar-refractivity contribution is 0.101. The minimum absolute atomic E-state index is 0.136. The van der Waals surface area contributed by atoms with E-state index < -0.39 is 22.3 Å². The number of carbonyl (C=O) groups excluding carboxylic acids is 1. The second-order valence-electron chi connectivity index (χ2n) is 8.55. The number of hydrogen-bond donors (Lipinski definition) is 4. The van der Waals surface area contributed by atoms with Gasteiger partial charge in [-0.1, -0.05) is 23.7 Å². The van der Waals surface area contributed by atoms with Gasteiger partial charge in [-0.15, -0.1) is 11.3 Å². The molecule has 2 aromatic heterocycles. The van der Waals surface area contributed by atoms with E-state index in [0.717, 1.165) is 11.1 Å². The van der Waals surface area contributed by atoms with Gasteiger partial charge in [0.2, 0.25) is 5.78 Å². The van der Waals surface area contributed by atoms with Crippen LogP contribution >= 0.6 is 22.9 Å². The lowest BCUT2D eigenvalue weighted by Gasteiger charge is -2.16. The molecule has 1 aliphatic carbocycles. The van der Waals surface area contributed by atoms with Gasteiger partial charge in [0.1, 0.15) is 12.1 Å².